The fraction of sp³-hybridized carbons (Fsp3) is 0.286. The third-order valence-electron chi connectivity index (χ3n) is 4.26. The number of thioether (sulfide) groups is 1. The lowest BCUT2D eigenvalue weighted by Gasteiger charge is -2.17. The van der Waals surface area contributed by atoms with E-state index in [4.69, 9.17) is 9.47 Å². The number of carbonyl (C=O) groups is 1. The third-order valence-corrected chi connectivity index (χ3v) is 5.75. The second-order valence-electron chi connectivity index (χ2n) is 6.34. The summed E-state index contributed by atoms with van der Waals surface area (Å²) in [6, 6.07) is 14.9. The molecule has 0 aliphatic rings. The normalized spacial score (nSPS) is 11.7. The van der Waals surface area contributed by atoms with Crippen LogP contribution in [0.3, 0.4) is 0 Å². The molecule has 7 nitrogen and oxygen atoms in total. The van der Waals surface area contributed by atoms with E-state index in [0.717, 1.165) is 10.2 Å². The minimum atomic E-state index is -0.334. The Morgan fingerprint density at radius 1 is 1.17 bits per heavy atom. The first-order valence-corrected chi connectivity index (χ1v) is 11.2. The molecule has 0 fully saturated rings. The lowest BCUT2D eigenvalue weighted by Crippen LogP contribution is -2.15. The third kappa shape index (κ3) is 5.54. The summed E-state index contributed by atoms with van der Waals surface area (Å²) in [4.78, 5) is 12.3. The second kappa shape index (κ2) is 10.5. The topological polar surface area (TPSA) is 78.3 Å². The van der Waals surface area contributed by atoms with Crippen LogP contribution in [0.1, 0.15) is 25.8 Å². The summed E-state index contributed by atoms with van der Waals surface area (Å²) in [6.07, 6.45) is -0.334. The molecule has 1 atom stereocenters. The van der Waals surface area contributed by atoms with E-state index in [1.165, 1.54) is 11.8 Å². The van der Waals surface area contributed by atoms with Crippen LogP contribution in [0.2, 0.25) is 0 Å². The maximum Gasteiger partial charge on any atom is 0.234 e. The molecular formula is C21H23BrN4O3S. The van der Waals surface area contributed by atoms with Crippen molar-refractivity contribution in [3.63, 3.8) is 0 Å². The fourth-order valence-electron chi connectivity index (χ4n) is 2.82. The highest BCUT2D eigenvalue weighted by molar-refractivity contribution is 9.10. The number of nitrogens with one attached hydrogen (secondary N) is 1. The minimum absolute atomic E-state index is 0.104. The van der Waals surface area contributed by atoms with Crippen LogP contribution in [0.15, 0.2) is 58.2 Å². The summed E-state index contributed by atoms with van der Waals surface area (Å²) in [5.41, 5.74) is 0.750. The van der Waals surface area contributed by atoms with Gasteiger partial charge in [-0.15, -0.1) is 10.2 Å². The van der Waals surface area contributed by atoms with Gasteiger partial charge >= 0.3 is 0 Å². The van der Waals surface area contributed by atoms with Gasteiger partial charge in [-0.05, 0) is 50.2 Å². The van der Waals surface area contributed by atoms with E-state index < -0.39 is 0 Å². The standard InChI is InChI=1S/C21H23BrN4O3S/c1-4-26-20(14(2)29-18-8-6-5-7-17(18)28-3)24-25-21(26)30-13-19(27)23-16-11-9-15(22)10-12-16/h5-12,14H,4,13H2,1-3H3,(H,23,27). The summed E-state index contributed by atoms with van der Waals surface area (Å²) < 4.78 is 14.3. The van der Waals surface area contributed by atoms with Crippen molar-refractivity contribution < 1.29 is 14.3 Å². The molecule has 2 aromatic carbocycles. The molecule has 1 N–H and O–H groups in total. The highest BCUT2D eigenvalue weighted by atomic mass is 79.9. The van der Waals surface area contributed by atoms with Crippen LogP contribution in [0.25, 0.3) is 0 Å². The molecule has 0 aliphatic carbocycles. The number of rotatable bonds is 9. The van der Waals surface area contributed by atoms with E-state index in [1.54, 1.807) is 7.11 Å². The van der Waals surface area contributed by atoms with Gasteiger partial charge in [0.1, 0.15) is 0 Å². The number of carbonyl (C=O) groups excluding carboxylic acids is 1. The molecule has 3 aromatic rings. The van der Waals surface area contributed by atoms with Gasteiger partial charge in [-0.25, -0.2) is 0 Å². The highest BCUT2D eigenvalue weighted by Gasteiger charge is 2.20. The van der Waals surface area contributed by atoms with Gasteiger partial charge < -0.3 is 19.4 Å². The van der Waals surface area contributed by atoms with Gasteiger partial charge in [0.2, 0.25) is 5.91 Å². The van der Waals surface area contributed by atoms with Crippen molar-refractivity contribution in [3.8, 4) is 11.5 Å². The Hall–Kier alpha value is -2.52. The zero-order valence-electron chi connectivity index (χ0n) is 17.0. The maximum absolute atomic E-state index is 12.3. The summed E-state index contributed by atoms with van der Waals surface area (Å²) in [5.74, 6) is 2.12. The molecule has 158 valence electrons. The first-order chi connectivity index (χ1) is 14.5. The van der Waals surface area contributed by atoms with E-state index in [-0.39, 0.29) is 17.8 Å². The molecule has 9 heteroatoms. The Morgan fingerprint density at radius 2 is 1.87 bits per heavy atom. The van der Waals surface area contributed by atoms with Crippen LogP contribution in [-0.2, 0) is 11.3 Å². The molecule has 0 saturated heterocycles. The molecule has 0 bridgehead atoms. The average Bonchev–Trinajstić information content (AvgIpc) is 3.17. The van der Waals surface area contributed by atoms with Gasteiger partial charge in [-0.1, -0.05) is 39.8 Å². The molecular weight excluding hydrogens is 468 g/mol. The molecule has 0 radical (unpaired) electrons. The van der Waals surface area contributed by atoms with Crippen molar-refractivity contribution in [1.29, 1.82) is 0 Å². The van der Waals surface area contributed by atoms with Crippen LogP contribution in [0, 0.1) is 0 Å². The van der Waals surface area contributed by atoms with E-state index in [0.29, 0.717) is 29.0 Å². The molecule has 1 amide bonds. The first kappa shape index (κ1) is 22.2. The fourth-order valence-corrected chi connectivity index (χ4v) is 3.90. The number of para-hydroxylation sites is 2. The van der Waals surface area contributed by atoms with E-state index in [2.05, 4.69) is 31.4 Å². The first-order valence-electron chi connectivity index (χ1n) is 9.42. The van der Waals surface area contributed by atoms with Crippen LogP contribution < -0.4 is 14.8 Å². The quantitative estimate of drug-likeness (QED) is 0.428. The molecule has 1 unspecified atom stereocenters. The largest absolute Gasteiger partial charge is 0.493 e. The predicted octanol–water partition coefficient (Wildman–Crippen LogP) is 4.94. The number of benzene rings is 2. The number of halogens is 1. The Bertz CT molecular complexity index is 994. The van der Waals surface area contributed by atoms with Gasteiger partial charge in [-0.2, -0.15) is 0 Å². The van der Waals surface area contributed by atoms with Crippen molar-refractivity contribution in [2.75, 3.05) is 18.2 Å². The monoisotopic (exact) mass is 490 g/mol. The average molecular weight is 491 g/mol. The molecule has 0 aliphatic heterocycles. The van der Waals surface area contributed by atoms with Crippen molar-refractivity contribution in [2.24, 2.45) is 0 Å². The van der Waals surface area contributed by atoms with Crippen LogP contribution in [-0.4, -0.2) is 33.5 Å². The molecule has 1 heterocycles. The number of nitrogens with zero attached hydrogens (tertiary/aromatic N) is 3. The highest BCUT2D eigenvalue weighted by Crippen LogP contribution is 2.31. The van der Waals surface area contributed by atoms with E-state index in [1.807, 2.05) is 66.9 Å². The molecule has 3 rings (SSSR count). The lowest BCUT2D eigenvalue weighted by molar-refractivity contribution is -0.113. The smallest absolute Gasteiger partial charge is 0.234 e. The van der Waals surface area contributed by atoms with Crippen molar-refractivity contribution in [2.45, 2.75) is 31.7 Å². The number of aromatic nitrogens is 3. The number of ether oxygens (including phenoxy) is 2. The molecule has 1 aromatic heterocycles. The molecule has 30 heavy (non-hydrogen) atoms. The van der Waals surface area contributed by atoms with Gasteiger partial charge in [0.05, 0.1) is 12.9 Å². The number of amides is 1. The van der Waals surface area contributed by atoms with E-state index in [9.17, 15) is 4.79 Å². The molecule has 0 spiro atoms. The zero-order chi connectivity index (χ0) is 21.5. The SMILES string of the molecule is CCn1c(SCC(=O)Nc2ccc(Br)cc2)nnc1C(C)Oc1ccccc1OC. The number of methoxy groups -OCH3 is 1. The van der Waals surface area contributed by atoms with E-state index >= 15 is 0 Å². The number of hydrogen-bond acceptors (Lipinski definition) is 6. The van der Waals surface area contributed by atoms with Crippen LogP contribution in [0.5, 0.6) is 11.5 Å². The van der Waals surface area contributed by atoms with Crippen molar-refractivity contribution >= 4 is 39.3 Å². The summed E-state index contributed by atoms with van der Waals surface area (Å²) >= 11 is 4.72. The minimum Gasteiger partial charge on any atom is -0.493 e. The predicted molar refractivity (Wildman–Crippen MR) is 121 cm³/mol. The molecule has 0 saturated carbocycles. The zero-order valence-corrected chi connectivity index (χ0v) is 19.4. The second-order valence-corrected chi connectivity index (χ2v) is 8.20. The Kier molecular flexibility index (Phi) is 7.75. The van der Waals surface area contributed by atoms with Crippen molar-refractivity contribution in [1.82, 2.24) is 14.8 Å². The van der Waals surface area contributed by atoms with Crippen LogP contribution in [0.4, 0.5) is 5.69 Å². The van der Waals surface area contributed by atoms with Crippen LogP contribution >= 0.6 is 27.7 Å². The van der Waals surface area contributed by atoms with Gasteiger partial charge in [0.15, 0.2) is 28.6 Å². The summed E-state index contributed by atoms with van der Waals surface area (Å²) in [6.45, 7) is 4.59. The number of hydrogen-bond donors (Lipinski definition) is 1. The lowest BCUT2D eigenvalue weighted by atomic mass is 10.3. The number of anilines is 1. The Labute approximate surface area is 188 Å². The maximum atomic E-state index is 12.3. The summed E-state index contributed by atoms with van der Waals surface area (Å²) in [7, 11) is 1.61. The van der Waals surface area contributed by atoms with Gasteiger partial charge in [0, 0.05) is 16.7 Å². The van der Waals surface area contributed by atoms with Gasteiger partial charge in [-0.3, -0.25) is 4.79 Å². The Morgan fingerprint density at radius 3 is 2.53 bits per heavy atom. The van der Waals surface area contributed by atoms with Crippen molar-refractivity contribution in [3.05, 3.63) is 58.8 Å². The van der Waals surface area contributed by atoms with Gasteiger partial charge in [0.25, 0.3) is 0 Å². The Balaban J connectivity index is 1.64. The summed E-state index contributed by atoms with van der Waals surface area (Å²) in [5, 5.41) is 12.1.